The van der Waals surface area contributed by atoms with Gasteiger partial charge in [-0.05, 0) is 63.2 Å². The summed E-state index contributed by atoms with van der Waals surface area (Å²) < 4.78 is 37.4. The van der Waals surface area contributed by atoms with E-state index in [4.69, 9.17) is 14.7 Å². The van der Waals surface area contributed by atoms with Gasteiger partial charge < -0.3 is 13.9 Å². The summed E-state index contributed by atoms with van der Waals surface area (Å²) >= 11 is 0. The molecule has 7 nitrogen and oxygen atoms in total. The van der Waals surface area contributed by atoms with Gasteiger partial charge in [0.15, 0.2) is 0 Å². The number of ether oxygens (including phenoxy) is 1. The lowest BCUT2D eigenvalue weighted by atomic mass is 9.93. The van der Waals surface area contributed by atoms with Crippen LogP contribution in [0.15, 0.2) is 73.2 Å². The molecule has 1 saturated heterocycles. The van der Waals surface area contributed by atoms with E-state index in [9.17, 15) is 8.78 Å². The van der Waals surface area contributed by atoms with Gasteiger partial charge in [-0.25, -0.2) is 23.7 Å². The third-order valence-electron chi connectivity index (χ3n) is 7.70. The molecule has 9 heteroatoms. The first-order chi connectivity index (χ1) is 19.6. The van der Waals surface area contributed by atoms with Crippen molar-refractivity contribution in [3.63, 3.8) is 0 Å². The third kappa shape index (κ3) is 5.60. The maximum absolute atomic E-state index is 14.0. The van der Waals surface area contributed by atoms with Gasteiger partial charge in [0, 0.05) is 42.0 Å². The van der Waals surface area contributed by atoms with Crippen LogP contribution in [0.5, 0.6) is 5.88 Å². The van der Waals surface area contributed by atoms with E-state index in [1.165, 1.54) is 17.8 Å². The molecule has 0 saturated carbocycles. The highest BCUT2D eigenvalue weighted by Crippen LogP contribution is 2.29. The SMILES string of the molecule is CCn1cncc1Cn1c(CN2CCC(c3cccc(OCc4ccc(F)cc4F)n3)CC2)nc2ccccc21. The van der Waals surface area contributed by atoms with Crippen LogP contribution in [0.25, 0.3) is 11.0 Å². The van der Waals surface area contributed by atoms with Crippen molar-refractivity contribution in [2.45, 2.75) is 51.9 Å². The minimum Gasteiger partial charge on any atom is -0.473 e. The number of aromatic nitrogens is 5. The first kappa shape index (κ1) is 26.1. The average Bonchev–Trinajstić information content (AvgIpc) is 3.57. The molecule has 0 N–H and O–H groups in total. The van der Waals surface area contributed by atoms with Crippen LogP contribution >= 0.6 is 0 Å². The minimum absolute atomic E-state index is 0.00105. The summed E-state index contributed by atoms with van der Waals surface area (Å²) in [4.78, 5) is 16.5. The molecule has 1 fully saturated rings. The van der Waals surface area contributed by atoms with Gasteiger partial charge in [-0.15, -0.1) is 0 Å². The molecule has 0 bridgehead atoms. The summed E-state index contributed by atoms with van der Waals surface area (Å²) in [6.07, 6.45) is 5.78. The molecule has 0 aliphatic carbocycles. The van der Waals surface area contributed by atoms with E-state index in [2.05, 4.69) is 44.1 Å². The Morgan fingerprint density at radius 3 is 2.62 bits per heavy atom. The molecular formula is C31H32F2N6O. The zero-order valence-corrected chi connectivity index (χ0v) is 22.5. The topological polar surface area (TPSA) is 61.0 Å². The monoisotopic (exact) mass is 542 g/mol. The second-order valence-corrected chi connectivity index (χ2v) is 10.2. The standard InChI is InChI=1S/C31H32F2N6O/c1-2-38-21-34-17-25(38)18-39-29-8-4-3-6-28(29)35-30(39)19-37-14-12-22(13-15-37)27-7-5-9-31(36-27)40-20-23-10-11-24(32)16-26(23)33/h3-11,16-17,21-22H,2,12-15,18-20H2,1H3. The summed E-state index contributed by atoms with van der Waals surface area (Å²) in [5, 5.41) is 0. The Labute approximate surface area is 232 Å². The second kappa shape index (κ2) is 11.6. The van der Waals surface area contributed by atoms with Crippen LogP contribution in [0.3, 0.4) is 0 Å². The fourth-order valence-corrected chi connectivity index (χ4v) is 5.46. The fourth-order valence-electron chi connectivity index (χ4n) is 5.46. The van der Waals surface area contributed by atoms with E-state index in [-0.39, 0.29) is 6.61 Å². The molecule has 40 heavy (non-hydrogen) atoms. The van der Waals surface area contributed by atoms with Crippen LogP contribution in [0.1, 0.15) is 48.5 Å². The molecule has 0 radical (unpaired) electrons. The Balaban J connectivity index is 1.11. The lowest BCUT2D eigenvalue weighted by Crippen LogP contribution is -2.33. The predicted molar refractivity (Wildman–Crippen MR) is 149 cm³/mol. The van der Waals surface area contributed by atoms with Crippen LogP contribution in [0, 0.1) is 11.6 Å². The quantitative estimate of drug-likeness (QED) is 0.231. The number of hydrogen-bond donors (Lipinski definition) is 0. The number of nitrogens with zero attached hydrogens (tertiary/aromatic N) is 6. The molecule has 6 rings (SSSR count). The maximum atomic E-state index is 14.0. The van der Waals surface area contributed by atoms with Gasteiger partial charge in [-0.2, -0.15) is 0 Å². The first-order valence-electron chi connectivity index (χ1n) is 13.8. The normalized spacial score (nSPS) is 14.7. The highest BCUT2D eigenvalue weighted by molar-refractivity contribution is 5.76. The predicted octanol–water partition coefficient (Wildman–Crippen LogP) is 5.93. The van der Waals surface area contributed by atoms with Gasteiger partial charge in [0.1, 0.15) is 24.1 Å². The average molecular weight is 543 g/mol. The lowest BCUT2D eigenvalue weighted by Gasteiger charge is -2.31. The van der Waals surface area contributed by atoms with E-state index in [1.807, 2.05) is 30.7 Å². The molecule has 3 aromatic heterocycles. The van der Waals surface area contributed by atoms with Gasteiger partial charge in [0.2, 0.25) is 5.88 Å². The molecule has 5 aromatic rings. The number of fused-ring (bicyclic) bond motifs is 1. The van der Waals surface area contributed by atoms with Crippen LogP contribution in [0.4, 0.5) is 8.78 Å². The molecule has 1 aliphatic heterocycles. The van der Waals surface area contributed by atoms with Crippen molar-refractivity contribution >= 4 is 11.0 Å². The minimum atomic E-state index is -0.618. The van der Waals surface area contributed by atoms with Gasteiger partial charge in [0.25, 0.3) is 0 Å². The first-order valence-corrected chi connectivity index (χ1v) is 13.8. The van der Waals surface area contributed by atoms with Crippen molar-refractivity contribution < 1.29 is 13.5 Å². The van der Waals surface area contributed by atoms with Gasteiger partial charge >= 0.3 is 0 Å². The highest BCUT2D eigenvalue weighted by Gasteiger charge is 2.24. The van der Waals surface area contributed by atoms with Crippen molar-refractivity contribution in [2.24, 2.45) is 0 Å². The van der Waals surface area contributed by atoms with Crippen LogP contribution in [-0.2, 0) is 26.2 Å². The molecule has 1 aliphatic rings. The Morgan fingerprint density at radius 1 is 0.950 bits per heavy atom. The zero-order valence-electron chi connectivity index (χ0n) is 22.5. The zero-order chi connectivity index (χ0) is 27.5. The Bertz CT molecular complexity index is 1600. The van der Waals surface area contributed by atoms with E-state index >= 15 is 0 Å². The van der Waals surface area contributed by atoms with Crippen molar-refractivity contribution in [2.75, 3.05) is 13.1 Å². The number of rotatable bonds is 9. The second-order valence-electron chi connectivity index (χ2n) is 10.2. The number of likely N-dealkylation sites (tertiary alicyclic amines) is 1. The molecule has 0 spiro atoms. The summed E-state index contributed by atoms with van der Waals surface area (Å²) in [6, 6.07) is 17.5. The highest BCUT2D eigenvalue weighted by atomic mass is 19.1. The summed E-state index contributed by atoms with van der Waals surface area (Å²) in [6.45, 7) is 6.41. The summed E-state index contributed by atoms with van der Waals surface area (Å²) in [5.41, 5.74) is 4.60. The molecule has 4 heterocycles. The van der Waals surface area contributed by atoms with Crippen molar-refractivity contribution in [1.29, 1.82) is 0 Å². The van der Waals surface area contributed by atoms with Gasteiger partial charge in [-0.3, -0.25) is 4.90 Å². The van der Waals surface area contributed by atoms with Crippen LogP contribution < -0.4 is 4.74 Å². The molecule has 0 unspecified atom stereocenters. The van der Waals surface area contributed by atoms with E-state index < -0.39 is 11.6 Å². The van der Waals surface area contributed by atoms with Gasteiger partial charge in [0.05, 0.1) is 36.1 Å². The van der Waals surface area contributed by atoms with Crippen molar-refractivity contribution in [3.05, 3.63) is 108 Å². The van der Waals surface area contributed by atoms with Gasteiger partial charge in [-0.1, -0.05) is 18.2 Å². The number of imidazole rings is 2. The van der Waals surface area contributed by atoms with Crippen molar-refractivity contribution in [3.8, 4) is 5.88 Å². The van der Waals surface area contributed by atoms with Crippen LogP contribution in [-0.4, -0.2) is 42.1 Å². The van der Waals surface area contributed by atoms with E-state index in [0.29, 0.717) is 17.4 Å². The van der Waals surface area contributed by atoms with E-state index in [0.717, 1.165) is 74.2 Å². The molecule has 0 amide bonds. The number of halogens is 2. The number of benzene rings is 2. The number of aryl methyl sites for hydroxylation is 1. The molecule has 2 aromatic carbocycles. The van der Waals surface area contributed by atoms with E-state index in [1.54, 1.807) is 6.07 Å². The molecule has 206 valence electrons. The Morgan fingerprint density at radius 2 is 1.80 bits per heavy atom. The largest absolute Gasteiger partial charge is 0.473 e. The van der Waals surface area contributed by atoms with Crippen molar-refractivity contribution in [1.82, 2.24) is 29.0 Å². The fraction of sp³-hybridized carbons (Fsp3) is 0.323. The Hall–Kier alpha value is -4.11. The number of piperidine rings is 1. The number of pyridine rings is 1. The summed E-state index contributed by atoms with van der Waals surface area (Å²) in [7, 11) is 0. The maximum Gasteiger partial charge on any atom is 0.213 e. The smallest absolute Gasteiger partial charge is 0.213 e. The van der Waals surface area contributed by atoms with Crippen LogP contribution in [0.2, 0.25) is 0 Å². The lowest BCUT2D eigenvalue weighted by molar-refractivity contribution is 0.196. The number of para-hydroxylation sites is 2. The number of hydrogen-bond acceptors (Lipinski definition) is 5. The molecular weight excluding hydrogens is 510 g/mol. The summed E-state index contributed by atoms with van der Waals surface area (Å²) in [5.74, 6) is 0.607. The Kier molecular flexibility index (Phi) is 7.55. The molecule has 0 atom stereocenters. The third-order valence-corrected chi connectivity index (χ3v) is 7.70.